The summed E-state index contributed by atoms with van der Waals surface area (Å²) in [4.78, 5) is 43.1. The topological polar surface area (TPSA) is 178 Å². The van der Waals surface area contributed by atoms with E-state index in [1.807, 2.05) is 4.90 Å². The summed E-state index contributed by atoms with van der Waals surface area (Å²) in [5.41, 5.74) is 3.32. The van der Waals surface area contributed by atoms with Crippen LogP contribution in [0.25, 0.3) is 11.3 Å². The lowest BCUT2D eigenvalue weighted by Gasteiger charge is -2.50. The molecule has 1 aromatic carbocycles. The fourth-order valence-electron chi connectivity index (χ4n) is 7.54. The summed E-state index contributed by atoms with van der Waals surface area (Å²) in [5, 5.41) is 45.0. The number of carbonyl (C=O) groups excluding carboxylic acids is 3. The van der Waals surface area contributed by atoms with Crippen LogP contribution in [-0.4, -0.2) is 92.7 Å². The molecule has 1 fully saturated rings. The molecule has 4 aliphatic rings. The van der Waals surface area contributed by atoms with E-state index in [-0.39, 0.29) is 29.7 Å². The average molecular weight is 596 g/mol. The molecular weight excluding hydrogens is 561 g/mol. The third kappa shape index (κ3) is 4.30. The zero-order valence-electron chi connectivity index (χ0n) is 23.8. The van der Waals surface area contributed by atoms with Gasteiger partial charge in [0.25, 0.3) is 5.91 Å². The number of Topliss-reactive ketones (excluding diaryl/α,β-unsaturated/α-hetero) is 2. The molecule has 5 atom stereocenters. The molecule has 0 bridgehead atoms. The minimum Gasteiger partial charge on any atom is -0.510 e. The van der Waals surface area contributed by atoms with Crippen LogP contribution in [-0.2, 0) is 22.6 Å². The Morgan fingerprint density at radius 1 is 1.21 bits per heavy atom. The van der Waals surface area contributed by atoms with Gasteiger partial charge < -0.3 is 30.6 Å². The zero-order valence-corrected chi connectivity index (χ0v) is 23.8. The Morgan fingerprint density at radius 2 is 1.95 bits per heavy atom. The zero-order chi connectivity index (χ0) is 31.0. The first-order valence-electron chi connectivity index (χ1n) is 14.3. The van der Waals surface area contributed by atoms with Crippen molar-refractivity contribution < 1.29 is 43.6 Å². The summed E-state index contributed by atoms with van der Waals surface area (Å²) in [6.45, 7) is 1.48. The van der Waals surface area contributed by atoms with Gasteiger partial charge >= 0.3 is 0 Å². The first-order chi connectivity index (χ1) is 20.4. The molecule has 43 heavy (non-hydrogen) atoms. The van der Waals surface area contributed by atoms with E-state index in [0.29, 0.717) is 36.4 Å². The highest BCUT2D eigenvalue weighted by atomic mass is 19.1. The monoisotopic (exact) mass is 595 g/mol. The van der Waals surface area contributed by atoms with Crippen molar-refractivity contribution in [3.8, 4) is 17.1 Å². The first-order valence-corrected chi connectivity index (χ1v) is 14.3. The number of likely N-dealkylation sites (tertiary alicyclic amines) is 1. The molecule has 1 aliphatic heterocycles. The number of aromatic hydroxyl groups is 1. The molecule has 0 saturated carbocycles. The molecule has 11 nitrogen and oxygen atoms in total. The molecule has 2 heterocycles. The quantitative estimate of drug-likeness (QED) is 0.322. The van der Waals surface area contributed by atoms with Crippen LogP contribution < -0.4 is 5.73 Å². The van der Waals surface area contributed by atoms with Crippen molar-refractivity contribution in [3.63, 3.8) is 0 Å². The Bertz CT molecular complexity index is 1610. The SMILES string of the molecule is CN(C)[C@@H]1C(O)=C(C(N)=O)C(=O)[C@@]2(O)C(O)=C3C(=O)c4c(O)ccc(-c5occc5CN5CCCC(F)C5)c4C[C@H]3C[C@@H]12. The maximum absolute atomic E-state index is 14.1. The Morgan fingerprint density at radius 3 is 2.63 bits per heavy atom. The van der Waals surface area contributed by atoms with Gasteiger partial charge in [0.15, 0.2) is 11.4 Å². The maximum atomic E-state index is 14.1. The molecule has 2 aromatic rings. The largest absolute Gasteiger partial charge is 0.510 e. The highest BCUT2D eigenvalue weighted by Gasteiger charge is 2.63. The predicted octanol–water partition coefficient (Wildman–Crippen LogP) is 2.31. The van der Waals surface area contributed by atoms with Gasteiger partial charge in [-0.2, -0.15) is 0 Å². The van der Waals surface area contributed by atoms with Crippen molar-refractivity contribution >= 4 is 17.5 Å². The molecule has 1 saturated heterocycles. The number of carbonyl (C=O) groups is 3. The van der Waals surface area contributed by atoms with Gasteiger partial charge in [-0.1, -0.05) is 0 Å². The van der Waals surface area contributed by atoms with Crippen molar-refractivity contribution in [3.05, 3.63) is 63.8 Å². The Labute approximate surface area is 246 Å². The molecule has 1 unspecified atom stereocenters. The Hall–Kier alpha value is -4.00. The second-order valence-electron chi connectivity index (χ2n) is 12.2. The number of halogens is 1. The summed E-state index contributed by atoms with van der Waals surface area (Å²) < 4.78 is 20.0. The average Bonchev–Trinajstić information content (AvgIpc) is 3.38. The standard InChI is InChI=1S/C31H34FN3O8/c1-34(2)24-19-11-15-10-18-17(27-14(7-9-43-27)12-35-8-3-4-16(32)13-35)5-6-20(36)22(18)25(37)21(15)28(39)31(19,42)29(40)23(26(24)38)30(33)41/h5-7,9,15-16,19,24,36,38-39,42H,3-4,8,10-13H2,1-2H3,(H2,33,41)/t15-,16?,19-,24-,31-/m0/s1. The van der Waals surface area contributed by atoms with E-state index in [0.717, 1.165) is 18.5 Å². The molecular formula is C31H34FN3O8. The fraction of sp³-hybridized carbons (Fsp3) is 0.452. The molecule has 0 radical (unpaired) electrons. The van der Waals surface area contributed by atoms with Crippen LogP contribution in [0.1, 0.15) is 40.7 Å². The van der Waals surface area contributed by atoms with E-state index in [4.69, 9.17) is 10.2 Å². The van der Waals surface area contributed by atoms with Crippen LogP contribution in [0.2, 0.25) is 0 Å². The van der Waals surface area contributed by atoms with Crippen molar-refractivity contribution in [1.82, 2.24) is 9.80 Å². The number of benzene rings is 1. The molecule has 6 N–H and O–H groups in total. The number of fused-ring (bicyclic) bond motifs is 3. The number of rotatable bonds is 5. The summed E-state index contributed by atoms with van der Waals surface area (Å²) >= 11 is 0. The number of aliphatic hydroxyl groups excluding tert-OH is 2. The van der Waals surface area contributed by atoms with E-state index in [1.165, 1.54) is 17.2 Å². The summed E-state index contributed by atoms with van der Waals surface area (Å²) in [6, 6.07) is 3.70. The molecule has 1 amide bonds. The third-order valence-electron chi connectivity index (χ3n) is 9.44. The number of phenolic OH excluding ortho intramolecular Hbond substituents is 1. The Balaban J connectivity index is 1.46. The number of allylic oxidation sites excluding steroid dienone is 1. The third-order valence-corrected chi connectivity index (χ3v) is 9.44. The van der Waals surface area contributed by atoms with E-state index < -0.39 is 64.2 Å². The number of nitrogens with two attached hydrogens (primary N) is 1. The van der Waals surface area contributed by atoms with Crippen molar-refractivity contribution in [2.24, 2.45) is 17.6 Å². The van der Waals surface area contributed by atoms with E-state index >= 15 is 0 Å². The van der Waals surface area contributed by atoms with Gasteiger partial charge in [0.05, 0.1) is 17.9 Å². The van der Waals surface area contributed by atoms with Gasteiger partial charge in [0.1, 0.15) is 34.8 Å². The molecule has 3 aliphatic carbocycles. The van der Waals surface area contributed by atoms with Crippen molar-refractivity contribution in [2.75, 3.05) is 27.2 Å². The lowest BCUT2D eigenvalue weighted by molar-refractivity contribution is -0.148. The van der Waals surface area contributed by atoms with Gasteiger partial charge in [-0.05, 0) is 76.0 Å². The molecule has 12 heteroatoms. The van der Waals surface area contributed by atoms with Gasteiger partial charge in [-0.15, -0.1) is 0 Å². The summed E-state index contributed by atoms with van der Waals surface area (Å²) in [6.07, 6.45) is 2.00. The number of likely N-dealkylation sites (N-methyl/N-ethyl adjacent to an activating group) is 1. The lowest BCUT2D eigenvalue weighted by Crippen LogP contribution is -2.63. The molecule has 228 valence electrons. The Kier molecular flexibility index (Phi) is 6.98. The van der Waals surface area contributed by atoms with E-state index in [2.05, 4.69) is 0 Å². The molecule has 1 aromatic heterocycles. The highest BCUT2D eigenvalue weighted by Crippen LogP contribution is 2.53. The van der Waals surface area contributed by atoms with E-state index in [1.54, 1.807) is 26.2 Å². The van der Waals surface area contributed by atoms with E-state index in [9.17, 15) is 39.2 Å². The van der Waals surface area contributed by atoms with Gasteiger partial charge in [0.2, 0.25) is 5.78 Å². The van der Waals surface area contributed by atoms with Gasteiger partial charge in [0, 0.05) is 35.7 Å². The number of alkyl halides is 1. The summed E-state index contributed by atoms with van der Waals surface area (Å²) in [7, 11) is 3.16. The molecule has 6 rings (SSSR count). The number of aliphatic hydroxyl groups is 3. The minimum absolute atomic E-state index is 0.0163. The molecule has 0 spiro atoms. The first kappa shape index (κ1) is 29.1. The number of nitrogens with zero attached hydrogens (tertiary/aromatic N) is 2. The van der Waals surface area contributed by atoms with Crippen LogP contribution in [0.4, 0.5) is 4.39 Å². The van der Waals surface area contributed by atoms with Crippen molar-refractivity contribution in [1.29, 1.82) is 0 Å². The van der Waals surface area contributed by atoms with Crippen molar-refractivity contribution in [2.45, 2.75) is 50.0 Å². The second kappa shape index (κ2) is 10.3. The van der Waals surface area contributed by atoms with Gasteiger partial charge in [-0.25, -0.2) is 4.39 Å². The van der Waals surface area contributed by atoms with Crippen LogP contribution in [0.5, 0.6) is 5.75 Å². The fourth-order valence-corrected chi connectivity index (χ4v) is 7.54. The number of hydrogen-bond acceptors (Lipinski definition) is 10. The predicted molar refractivity (Wildman–Crippen MR) is 151 cm³/mol. The number of hydrogen-bond donors (Lipinski definition) is 5. The lowest BCUT2D eigenvalue weighted by atomic mass is 9.58. The van der Waals surface area contributed by atoms with Crippen LogP contribution in [0, 0.1) is 11.8 Å². The van der Waals surface area contributed by atoms with Gasteiger partial charge in [-0.3, -0.25) is 24.2 Å². The maximum Gasteiger partial charge on any atom is 0.255 e. The smallest absolute Gasteiger partial charge is 0.255 e. The number of furan rings is 1. The second-order valence-corrected chi connectivity index (χ2v) is 12.2. The van der Waals surface area contributed by atoms with Crippen LogP contribution in [0.15, 0.2) is 51.5 Å². The minimum atomic E-state index is -2.70. The van der Waals surface area contributed by atoms with Crippen LogP contribution in [0.3, 0.4) is 0 Å². The number of amides is 1. The van der Waals surface area contributed by atoms with Crippen LogP contribution >= 0.6 is 0 Å². The number of piperidine rings is 1. The number of ketones is 2. The number of phenols is 1. The highest BCUT2D eigenvalue weighted by molar-refractivity contribution is 6.24. The summed E-state index contributed by atoms with van der Waals surface area (Å²) in [5.74, 6) is -6.57. The normalized spacial score (nSPS) is 29.5. The number of primary amides is 1.